The predicted octanol–water partition coefficient (Wildman–Crippen LogP) is 0.494. The summed E-state index contributed by atoms with van der Waals surface area (Å²) in [6.45, 7) is 0. The van der Waals surface area contributed by atoms with Crippen molar-refractivity contribution in [3.63, 3.8) is 0 Å². The Morgan fingerprint density at radius 2 is 2.19 bits per heavy atom. The molecule has 88 valence electrons. The van der Waals surface area contributed by atoms with E-state index in [2.05, 4.69) is 17.6 Å². The Morgan fingerprint density at radius 1 is 1.50 bits per heavy atom. The third kappa shape index (κ3) is 2.94. The molecular formula is C10H13NO4S. The lowest BCUT2D eigenvalue weighted by atomic mass is 10.0. The smallest absolute Gasteiger partial charge is 0.337 e. The van der Waals surface area contributed by atoms with Crippen LogP contribution in [0.25, 0.3) is 0 Å². The first-order valence-corrected chi connectivity index (χ1v) is 5.36. The minimum Gasteiger partial charge on any atom is -0.478 e. The third-order valence-electron chi connectivity index (χ3n) is 2.14. The maximum atomic E-state index is 10.9. The molecule has 0 amide bonds. The van der Waals surface area contributed by atoms with Crippen LogP contribution in [0.15, 0.2) is 18.3 Å². The van der Waals surface area contributed by atoms with Crippen LogP contribution in [0.3, 0.4) is 0 Å². The van der Waals surface area contributed by atoms with Crippen molar-refractivity contribution in [1.82, 2.24) is 4.98 Å². The number of aromatic nitrogens is 1. The molecule has 16 heavy (non-hydrogen) atoms. The van der Waals surface area contributed by atoms with Gasteiger partial charge in [0.05, 0.1) is 17.4 Å². The van der Waals surface area contributed by atoms with Gasteiger partial charge in [-0.2, -0.15) is 12.6 Å². The number of rotatable bonds is 5. The van der Waals surface area contributed by atoms with Crippen LogP contribution < -0.4 is 0 Å². The highest BCUT2D eigenvalue weighted by atomic mass is 32.1. The van der Waals surface area contributed by atoms with E-state index in [1.165, 1.54) is 18.3 Å². The molecule has 1 aromatic heterocycles. The molecule has 3 N–H and O–H groups in total. The van der Waals surface area contributed by atoms with E-state index in [4.69, 9.17) is 5.11 Å². The number of carboxylic acid groups (broad SMARTS) is 1. The van der Waals surface area contributed by atoms with Crippen molar-refractivity contribution < 1.29 is 20.1 Å². The van der Waals surface area contributed by atoms with Gasteiger partial charge in [0.1, 0.15) is 6.10 Å². The number of hydrogen-bond donors (Lipinski definition) is 4. The van der Waals surface area contributed by atoms with Crippen LogP contribution in [0, 0.1) is 0 Å². The Morgan fingerprint density at radius 3 is 2.75 bits per heavy atom. The minimum atomic E-state index is -1.31. The molecule has 0 aliphatic rings. The number of aromatic carboxylic acids is 1. The van der Waals surface area contributed by atoms with Gasteiger partial charge in [-0.1, -0.05) is 0 Å². The first kappa shape index (κ1) is 13.0. The molecule has 1 heterocycles. The molecule has 0 saturated carbocycles. The Labute approximate surface area is 98.2 Å². The summed E-state index contributed by atoms with van der Waals surface area (Å²) in [4.78, 5) is 14.6. The molecule has 2 atom stereocenters. The minimum absolute atomic E-state index is 0.0238. The molecule has 0 radical (unpaired) electrons. The van der Waals surface area contributed by atoms with Gasteiger partial charge in [0.15, 0.2) is 0 Å². The van der Waals surface area contributed by atoms with E-state index in [-0.39, 0.29) is 17.7 Å². The number of carbonyl (C=O) groups is 1. The van der Waals surface area contributed by atoms with Gasteiger partial charge in [-0.05, 0) is 24.3 Å². The van der Waals surface area contributed by atoms with E-state index in [1.807, 2.05) is 0 Å². The summed E-state index contributed by atoms with van der Waals surface area (Å²) >= 11 is 3.93. The fraction of sp³-hybridized carbons (Fsp3) is 0.400. The Bertz CT molecular complexity index is 372. The van der Waals surface area contributed by atoms with Crippen molar-refractivity contribution in [2.75, 3.05) is 5.75 Å². The molecule has 0 aromatic carbocycles. The molecule has 0 aliphatic heterocycles. The highest BCUT2D eigenvalue weighted by Gasteiger charge is 2.24. The average Bonchev–Trinajstić information content (AvgIpc) is 2.28. The molecule has 0 bridgehead atoms. The van der Waals surface area contributed by atoms with Gasteiger partial charge in [0.25, 0.3) is 0 Å². The van der Waals surface area contributed by atoms with Crippen molar-refractivity contribution in [1.29, 1.82) is 0 Å². The number of aliphatic hydroxyl groups is 2. The summed E-state index contributed by atoms with van der Waals surface area (Å²) in [5.74, 6) is -0.784. The van der Waals surface area contributed by atoms with Gasteiger partial charge in [0.2, 0.25) is 0 Å². The maximum Gasteiger partial charge on any atom is 0.337 e. The lowest BCUT2D eigenvalue weighted by Crippen LogP contribution is -2.22. The van der Waals surface area contributed by atoms with Crippen LogP contribution in [0.4, 0.5) is 0 Å². The zero-order valence-electron chi connectivity index (χ0n) is 8.45. The third-order valence-corrected chi connectivity index (χ3v) is 2.40. The summed E-state index contributed by atoms with van der Waals surface area (Å²) in [5.41, 5.74) is -0.127. The molecule has 0 spiro atoms. The normalized spacial score (nSPS) is 14.4. The van der Waals surface area contributed by atoms with Crippen LogP contribution in [0.2, 0.25) is 0 Å². The van der Waals surface area contributed by atoms with E-state index in [0.29, 0.717) is 5.75 Å². The van der Waals surface area contributed by atoms with Crippen molar-refractivity contribution in [2.24, 2.45) is 0 Å². The topological polar surface area (TPSA) is 90.7 Å². The van der Waals surface area contributed by atoms with Crippen molar-refractivity contribution in [3.05, 3.63) is 29.6 Å². The van der Waals surface area contributed by atoms with Gasteiger partial charge in [-0.3, -0.25) is 4.98 Å². The average molecular weight is 243 g/mol. The summed E-state index contributed by atoms with van der Waals surface area (Å²) in [6, 6.07) is 2.80. The van der Waals surface area contributed by atoms with E-state index in [9.17, 15) is 15.0 Å². The molecule has 0 aliphatic carbocycles. The van der Waals surface area contributed by atoms with Crippen LogP contribution in [0.1, 0.15) is 28.6 Å². The second-order valence-electron chi connectivity index (χ2n) is 3.27. The molecule has 0 fully saturated rings. The Hall–Kier alpha value is -1.11. The lowest BCUT2D eigenvalue weighted by molar-refractivity contribution is 0.0136. The highest BCUT2D eigenvalue weighted by molar-refractivity contribution is 7.80. The molecule has 5 nitrogen and oxygen atoms in total. The van der Waals surface area contributed by atoms with Gasteiger partial charge in [0, 0.05) is 6.20 Å². The Balaban J connectivity index is 2.98. The van der Waals surface area contributed by atoms with Crippen molar-refractivity contribution >= 4 is 18.6 Å². The van der Waals surface area contributed by atoms with Gasteiger partial charge in [-0.15, -0.1) is 0 Å². The number of hydrogen-bond acceptors (Lipinski definition) is 5. The fourth-order valence-corrected chi connectivity index (χ4v) is 1.57. The molecular weight excluding hydrogens is 230 g/mol. The predicted molar refractivity (Wildman–Crippen MR) is 60.6 cm³/mol. The van der Waals surface area contributed by atoms with Crippen LogP contribution in [-0.4, -0.2) is 38.1 Å². The lowest BCUT2D eigenvalue weighted by Gasteiger charge is -2.17. The number of nitrogens with zero attached hydrogens (tertiary/aromatic N) is 1. The molecule has 1 aromatic rings. The molecule has 1 rings (SSSR count). The summed E-state index contributed by atoms with van der Waals surface area (Å²) in [5, 5.41) is 28.2. The molecule has 0 saturated heterocycles. The molecule has 6 heteroatoms. The maximum absolute atomic E-state index is 10.9. The number of pyridine rings is 1. The highest BCUT2D eigenvalue weighted by Crippen LogP contribution is 2.20. The van der Waals surface area contributed by atoms with E-state index < -0.39 is 18.2 Å². The largest absolute Gasteiger partial charge is 0.478 e. The van der Waals surface area contributed by atoms with Gasteiger partial charge < -0.3 is 15.3 Å². The zero-order chi connectivity index (χ0) is 12.1. The Kier molecular flexibility index (Phi) is 4.72. The fourth-order valence-electron chi connectivity index (χ4n) is 1.31. The van der Waals surface area contributed by atoms with Crippen molar-refractivity contribution in [2.45, 2.75) is 18.6 Å². The van der Waals surface area contributed by atoms with E-state index in [1.54, 1.807) is 0 Å². The number of aliphatic hydroxyl groups excluding tert-OH is 2. The zero-order valence-corrected chi connectivity index (χ0v) is 9.34. The summed E-state index contributed by atoms with van der Waals surface area (Å²) in [6.07, 6.45) is -0.733. The number of carboxylic acids is 1. The quantitative estimate of drug-likeness (QED) is 0.565. The number of thiol groups is 1. The van der Waals surface area contributed by atoms with Gasteiger partial charge in [-0.25, -0.2) is 4.79 Å². The second-order valence-corrected chi connectivity index (χ2v) is 3.71. The van der Waals surface area contributed by atoms with Crippen LogP contribution >= 0.6 is 12.6 Å². The first-order chi connectivity index (χ1) is 7.57. The van der Waals surface area contributed by atoms with Crippen LogP contribution in [0.5, 0.6) is 0 Å². The summed E-state index contributed by atoms with van der Waals surface area (Å²) < 4.78 is 0. The monoisotopic (exact) mass is 243 g/mol. The van der Waals surface area contributed by atoms with Crippen molar-refractivity contribution in [3.8, 4) is 0 Å². The van der Waals surface area contributed by atoms with Crippen LogP contribution in [-0.2, 0) is 0 Å². The first-order valence-electron chi connectivity index (χ1n) is 4.73. The molecule has 2 unspecified atom stereocenters. The van der Waals surface area contributed by atoms with Gasteiger partial charge >= 0.3 is 5.97 Å². The standard InChI is InChI=1S/C10H13NO4S/c12-7(3-5-16)9(13)8-6(10(14)15)2-1-4-11-8/h1-2,4,7,9,12-13,16H,3,5H2,(H,14,15). The SMILES string of the molecule is O=C(O)c1cccnc1C(O)C(O)CCS. The second kappa shape index (κ2) is 5.83. The van der Waals surface area contributed by atoms with E-state index in [0.717, 1.165) is 0 Å². The van der Waals surface area contributed by atoms with E-state index >= 15 is 0 Å². The summed E-state index contributed by atoms with van der Waals surface area (Å²) in [7, 11) is 0.